The predicted molar refractivity (Wildman–Crippen MR) is 38.2 cm³/mol. The summed E-state index contributed by atoms with van der Waals surface area (Å²) in [5, 5.41) is 2.61. The second kappa shape index (κ2) is 1.85. The maximum absolute atomic E-state index is 10.9. The Morgan fingerprint density at radius 2 is 2.18 bits per heavy atom. The Hall–Kier alpha value is -1.78. The normalized spacial score (nSPS) is 10.5. The number of nitrogens with zero attached hydrogens (tertiary/aromatic N) is 1. The smallest absolute Gasteiger partial charge is 0.297 e. The molecule has 0 saturated carbocycles. The van der Waals surface area contributed by atoms with Crippen LogP contribution in [0.2, 0.25) is 0 Å². The molecule has 0 aliphatic carbocycles. The molecule has 0 fully saturated rings. The van der Waals surface area contributed by atoms with Gasteiger partial charge in [0.25, 0.3) is 5.56 Å². The van der Waals surface area contributed by atoms with Crippen LogP contribution in [0, 0.1) is 0 Å². The molecule has 0 bridgehead atoms. The lowest BCUT2D eigenvalue weighted by atomic mass is 10.4. The molecule has 2 aliphatic rings. The average molecular weight is 151 g/mol. The molecular formula is C6H5N3O2. The lowest BCUT2D eigenvalue weighted by Gasteiger charge is -1.95. The van der Waals surface area contributed by atoms with Gasteiger partial charge < -0.3 is 0 Å². The monoisotopic (exact) mass is 151 g/mol. The second-order valence-corrected chi connectivity index (χ2v) is 2.13. The maximum Gasteiger partial charge on any atom is 0.347 e. The molecule has 0 aromatic rings. The lowest BCUT2D eigenvalue weighted by molar-refractivity contribution is 0.809. The molecule has 0 spiro atoms. The molecule has 2 N–H and O–H groups in total. The standard InChI is InChI=1S/C6H5N3O2/c10-5-4-2-1-3-7-9(4)6(11)8-5/h1-3,7H,(H,8,10,11). The SMILES string of the molecule is O=c1[nH]c(=O)n2[nH]cccc1-2. The number of fused-ring (bicyclic) bond motifs is 1. The van der Waals surface area contributed by atoms with Crippen LogP contribution in [0.25, 0.3) is 5.69 Å². The molecule has 0 amide bonds. The topological polar surface area (TPSA) is 70.7 Å². The van der Waals surface area contributed by atoms with Crippen molar-refractivity contribution in [3.8, 4) is 5.69 Å². The van der Waals surface area contributed by atoms with Crippen molar-refractivity contribution < 1.29 is 0 Å². The molecule has 0 saturated heterocycles. The molecule has 5 heteroatoms. The highest BCUT2D eigenvalue weighted by Gasteiger charge is 2.07. The predicted octanol–water partition coefficient (Wildman–Crippen LogP) is -0.708. The van der Waals surface area contributed by atoms with Crippen molar-refractivity contribution in [2.24, 2.45) is 0 Å². The van der Waals surface area contributed by atoms with Gasteiger partial charge in [0, 0.05) is 6.20 Å². The molecular weight excluding hydrogens is 146 g/mol. The Labute approximate surface area is 60.6 Å². The van der Waals surface area contributed by atoms with Crippen LogP contribution in [0.1, 0.15) is 0 Å². The number of aromatic amines is 2. The van der Waals surface area contributed by atoms with Gasteiger partial charge in [0.05, 0.1) is 0 Å². The first kappa shape index (κ1) is 5.96. The zero-order valence-electron chi connectivity index (χ0n) is 5.50. The van der Waals surface area contributed by atoms with Crippen LogP contribution in [-0.2, 0) is 0 Å². The van der Waals surface area contributed by atoms with Crippen LogP contribution < -0.4 is 11.2 Å². The lowest BCUT2D eigenvalue weighted by Crippen LogP contribution is -2.15. The van der Waals surface area contributed by atoms with Crippen LogP contribution in [0.5, 0.6) is 0 Å². The van der Waals surface area contributed by atoms with Crippen LogP contribution in [-0.4, -0.2) is 14.8 Å². The molecule has 0 aromatic carbocycles. The Morgan fingerprint density at radius 3 is 2.91 bits per heavy atom. The van der Waals surface area contributed by atoms with E-state index in [-0.39, 0.29) is 5.56 Å². The summed E-state index contributed by atoms with van der Waals surface area (Å²) in [5.41, 5.74) is -0.477. The first-order chi connectivity index (χ1) is 5.29. The number of H-pyrrole nitrogens is 2. The molecule has 0 unspecified atom stereocenters. The molecule has 0 atom stereocenters. The quantitative estimate of drug-likeness (QED) is 0.522. The second-order valence-electron chi connectivity index (χ2n) is 2.13. The largest absolute Gasteiger partial charge is 0.347 e. The van der Waals surface area contributed by atoms with E-state index in [9.17, 15) is 9.59 Å². The highest BCUT2D eigenvalue weighted by atomic mass is 16.2. The van der Waals surface area contributed by atoms with Crippen molar-refractivity contribution in [1.29, 1.82) is 0 Å². The van der Waals surface area contributed by atoms with E-state index in [1.807, 2.05) is 0 Å². The molecule has 2 rings (SSSR count). The maximum atomic E-state index is 10.9. The summed E-state index contributed by atoms with van der Waals surface area (Å²) in [4.78, 5) is 23.9. The zero-order chi connectivity index (χ0) is 7.84. The Kier molecular flexibility index (Phi) is 1.00. The molecule has 0 radical (unpaired) electrons. The van der Waals surface area contributed by atoms with Gasteiger partial charge in [-0.15, -0.1) is 0 Å². The van der Waals surface area contributed by atoms with Crippen molar-refractivity contribution in [2.75, 3.05) is 0 Å². The van der Waals surface area contributed by atoms with Gasteiger partial charge in [-0.3, -0.25) is 14.9 Å². The highest BCUT2D eigenvalue weighted by Crippen LogP contribution is 1.93. The van der Waals surface area contributed by atoms with Gasteiger partial charge in [0.15, 0.2) is 0 Å². The molecule has 5 nitrogen and oxygen atoms in total. The van der Waals surface area contributed by atoms with E-state index >= 15 is 0 Å². The number of aromatic nitrogens is 3. The fourth-order valence-electron chi connectivity index (χ4n) is 0.963. The highest BCUT2D eigenvalue weighted by molar-refractivity contribution is 5.26. The first-order valence-electron chi connectivity index (χ1n) is 3.07. The van der Waals surface area contributed by atoms with Gasteiger partial charge in [0.2, 0.25) is 0 Å². The number of imidazole rings is 1. The molecule has 2 heterocycles. The van der Waals surface area contributed by atoms with Gasteiger partial charge in [-0.1, -0.05) is 0 Å². The van der Waals surface area contributed by atoms with E-state index in [0.717, 1.165) is 4.68 Å². The van der Waals surface area contributed by atoms with E-state index in [4.69, 9.17) is 0 Å². The summed E-state index contributed by atoms with van der Waals surface area (Å²) < 4.78 is 1.16. The summed E-state index contributed by atoms with van der Waals surface area (Å²) in [6.07, 6.45) is 1.57. The summed E-state index contributed by atoms with van der Waals surface area (Å²) >= 11 is 0. The molecule has 56 valence electrons. The van der Waals surface area contributed by atoms with Crippen LogP contribution in [0.15, 0.2) is 27.9 Å². The Morgan fingerprint density at radius 1 is 1.36 bits per heavy atom. The fraction of sp³-hybridized carbons (Fsp3) is 0. The fourth-order valence-corrected chi connectivity index (χ4v) is 0.963. The minimum Gasteiger partial charge on any atom is -0.297 e. The number of rotatable bonds is 0. The van der Waals surface area contributed by atoms with E-state index in [2.05, 4.69) is 10.1 Å². The number of hydrogen-bond donors (Lipinski definition) is 2. The van der Waals surface area contributed by atoms with Gasteiger partial charge in [-0.25, -0.2) is 4.79 Å². The van der Waals surface area contributed by atoms with E-state index in [0.29, 0.717) is 5.69 Å². The van der Waals surface area contributed by atoms with Gasteiger partial charge in [-0.05, 0) is 12.1 Å². The van der Waals surface area contributed by atoms with Crippen LogP contribution in [0.4, 0.5) is 0 Å². The number of nitrogens with one attached hydrogen (secondary N) is 2. The van der Waals surface area contributed by atoms with Crippen molar-refractivity contribution >= 4 is 0 Å². The van der Waals surface area contributed by atoms with Gasteiger partial charge in [0.1, 0.15) is 5.69 Å². The van der Waals surface area contributed by atoms with Crippen LogP contribution >= 0.6 is 0 Å². The minimum absolute atomic E-state index is 0.331. The molecule has 11 heavy (non-hydrogen) atoms. The summed E-state index contributed by atoms with van der Waals surface area (Å²) in [7, 11) is 0. The van der Waals surface area contributed by atoms with Crippen LogP contribution in [0.3, 0.4) is 0 Å². The average Bonchev–Trinajstić information content (AvgIpc) is 2.30. The molecule has 2 aliphatic heterocycles. The minimum atomic E-state index is -0.439. The third-order valence-electron chi connectivity index (χ3n) is 1.45. The third-order valence-corrected chi connectivity index (χ3v) is 1.45. The Bertz CT molecular complexity index is 409. The first-order valence-corrected chi connectivity index (χ1v) is 3.07. The van der Waals surface area contributed by atoms with Gasteiger partial charge in [-0.2, -0.15) is 4.68 Å². The van der Waals surface area contributed by atoms with Crippen molar-refractivity contribution in [3.05, 3.63) is 39.2 Å². The van der Waals surface area contributed by atoms with Gasteiger partial charge >= 0.3 is 5.69 Å². The summed E-state index contributed by atoms with van der Waals surface area (Å²) in [6, 6.07) is 3.22. The van der Waals surface area contributed by atoms with Crippen molar-refractivity contribution in [3.63, 3.8) is 0 Å². The summed E-state index contributed by atoms with van der Waals surface area (Å²) in [6.45, 7) is 0. The van der Waals surface area contributed by atoms with Crippen molar-refractivity contribution in [1.82, 2.24) is 14.8 Å². The number of hydrogen-bond acceptors (Lipinski definition) is 2. The van der Waals surface area contributed by atoms with Crippen molar-refractivity contribution in [2.45, 2.75) is 0 Å². The Balaban J connectivity index is 3.03. The van der Waals surface area contributed by atoms with E-state index in [1.165, 1.54) is 0 Å². The molecule has 0 aromatic heterocycles. The van der Waals surface area contributed by atoms with E-state index < -0.39 is 5.69 Å². The zero-order valence-corrected chi connectivity index (χ0v) is 5.50. The summed E-state index contributed by atoms with van der Waals surface area (Å²) in [5.74, 6) is 0. The van der Waals surface area contributed by atoms with E-state index in [1.54, 1.807) is 18.3 Å². The third kappa shape index (κ3) is 0.706.